The Bertz CT molecular complexity index is 524. The molecule has 0 aromatic heterocycles. The van der Waals surface area contributed by atoms with Gasteiger partial charge in [-0.15, -0.1) is 24.0 Å². The first-order chi connectivity index (χ1) is 11.7. The minimum Gasteiger partial charge on any atom is -0.380 e. The van der Waals surface area contributed by atoms with Crippen LogP contribution < -0.4 is 10.6 Å². The van der Waals surface area contributed by atoms with Gasteiger partial charge in [-0.1, -0.05) is 24.3 Å². The first-order valence-electron chi connectivity index (χ1n) is 9.15. The molecule has 1 aliphatic heterocycles. The third-order valence-corrected chi connectivity index (χ3v) is 4.38. The van der Waals surface area contributed by atoms with Crippen molar-refractivity contribution < 1.29 is 4.74 Å². The van der Waals surface area contributed by atoms with Gasteiger partial charge in [0.2, 0.25) is 0 Å². The normalized spacial score (nSPS) is 15.9. The van der Waals surface area contributed by atoms with E-state index >= 15 is 0 Å². The Hall–Kier alpha value is -0.860. The maximum atomic E-state index is 5.36. The van der Waals surface area contributed by atoms with Gasteiger partial charge in [0.25, 0.3) is 0 Å². The van der Waals surface area contributed by atoms with Crippen LogP contribution in [0.2, 0.25) is 0 Å². The van der Waals surface area contributed by atoms with E-state index in [4.69, 9.17) is 9.73 Å². The van der Waals surface area contributed by atoms with Crippen LogP contribution >= 0.6 is 24.0 Å². The van der Waals surface area contributed by atoms with E-state index < -0.39 is 0 Å². The van der Waals surface area contributed by atoms with Crippen molar-refractivity contribution in [2.75, 3.05) is 39.4 Å². The fraction of sp³-hybridized carbons (Fsp3) is 0.632. The van der Waals surface area contributed by atoms with Crippen LogP contribution in [0.15, 0.2) is 29.3 Å². The molecular formula is C19H33IN4O. The predicted octanol–water partition coefficient (Wildman–Crippen LogP) is 2.64. The summed E-state index contributed by atoms with van der Waals surface area (Å²) in [5, 5.41) is 6.62. The van der Waals surface area contributed by atoms with Crippen molar-refractivity contribution in [3.8, 4) is 0 Å². The fourth-order valence-corrected chi connectivity index (χ4v) is 2.96. The van der Waals surface area contributed by atoms with E-state index in [0.29, 0.717) is 12.6 Å². The summed E-state index contributed by atoms with van der Waals surface area (Å²) in [5.74, 6) is 0.876. The number of nitrogens with one attached hydrogen (secondary N) is 2. The summed E-state index contributed by atoms with van der Waals surface area (Å²) in [6, 6.07) is 9.20. The fourth-order valence-electron chi connectivity index (χ4n) is 2.96. The maximum Gasteiger partial charge on any atom is 0.191 e. The number of hydrogen-bond acceptors (Lipinski definition) is 3. The number of benzene rings is 1. The lowest BCUT2D eigenvalue weighted by atomic mass is 9.99. The smallest absolute Gasteiger partial charge is 0.191 e. The van der Waals surface area contributed by atoms with E-state index in [1.807, 2.05) is 6.92 Å². The van der Waals surface area contributed by atoms with Gasteiger partial charge in [-0.25, -0.2) is 0 Å². The lowest BCUT2D eigenvalue weighted by molar-refractivity contribution is 0.152. The molecule has 6 heteroatoms. The zero-order chi connectivity index (χ0) is 17.2. The lowest BCUT2D eigenvalue weighted by Gasteiger charge is -2.33. The molecule has 1 aromatic carbocycles. The Morgan fingerprint density at radius 1 is 1.24 bits per heavy atom. The molecule has 2 N–H and O–H groups in total. The monoisotopic (exact) mass is 460 g/mol. The molecule has 1 atom stereocenters. The lowest BCUT2D eigenvalue weighted by Crippen LogP contribution is -2.42. The first kappa shape index (κ1) is 22.2. The molecule has 142 valence electrons. The molecule has 1 unspecified atom stereocenters. The Morgan fingerprint density at radius 3 is 2.72 bits per heavy atom. The van der Waals surface area contributed by atoms with Crippen LogP contribution in [0.4, 0.5) is 0 Å². The summed E-state index contributed by atoms with van der Waals surface area (Å²) in [4.78, 5) is 7.26. The predicted molar refractivity (Wildman–Crippen MR) is 116 cm³/mol. The highest BCUT2D eigenvalue weighted by atomic mass is 127. The van der Waals surface area contributed by atoms with Crippen molar-refractivity contribution in [1.29, 1.82) is 0 Å². The van der Waals surface area contributed by atoms with Crippen LogP contribution in [0.3, 0.4) is 0 Å². The minimum absolute atomic E-state index is 0. The molecule has 0 bridgehead atoms. The summed E-state index contributed by atoms with van der Waals surface area (Å²) in [6.45, 7) is 12.4. The van der Waals surface area contributed by atoms with Gasteiger partial charge in [0.1, 0.15) is 0 Å². The van der Waals surface area contributed by atoms with Crippen LogP contribution in [-0.4, -0.2) is 56.3 Å². The van der Waals surface area contributed by atoms with E-state index in [-0.39, 0.29) is 24.0 Å². The average Bonchev–Trinajstić information content (AvgIpc) is 2.62. The van der Waals surface area contributed by atoms with Crippen molar-refractivity contribution in [2.45, 2.75) is 39.8 Å². The summed E-state index contributed by atoms with van der Waals surface area (Å²) >= 11 is 0. The minimum atomic E-state index is 0. The summed E-state index contributed by atoms with van der Waals surface area (Å²) < 4.78 is 5.36. The van der Waals surface area contributed by atoms with E-state index in [2.05, 4.69) is 53.6 Å². The van der Waals surface area contributed by atoms with Gasteiger partial charge in [0.15, 0.2) is 5.96 Å². The Balaban J connectivity index is 0.00000312. The Labute approximate surface area is 169 Å². The van der Waals surface area contributed by atoms with E-state index in [1.165, 1.54) is 11.1 Å². The number of aliphatic imine (C=N–C) groups is 1. The zero-order valence-electron chi connectivity index (χ0n) is 15.8. The van der Waals surface area contributed by atoms with Crippen molar-refractivity contribution >= 4 is 29.9 Å². The summed E-state index contributed by atoms with van der Waals surface area (Å²) in [5.41, 5.74) is 2.96. The first-order valence-corrected chi connectivity index (χ1v) is 9.15. The number of guanidine groups is 1. The molecule has 0 aliphatic carbocycles. The second kappa shape index (κ2) is 12.5. The molecule has 1 heterocycles. The highest BCUT2D eigenvalue weighted by Gasteiger charge is 2.20. The second-order valence-corrected chi connectivity index (χ2v) is 6.18. The summed E-state index contributed by atoms with van der Waals surface area (Å²) in [6.07, 6.45) is 1.14. The van der Waals surface area contributed by atoms with Gasteiger partial charge in [-0.2, -0.15) is 0 Å². The second-order valence-electron chi connectivity index (χ2n) is 6.18. The largest absolute Gasteiger partial charge is 0.380 e. The number of nitrogens with zero attached hydrogens (tertiary/aromatic N) is 2. The van der Waals surface area contributed by atoms with Crippen molar-refractivity contribution in [2.24, 2.45) is 4.99 Å². The van der Waals surface area contributed by atoms with Crippen LogP contribution in [0.25, 0.3) is 0 Å². The topological polar surface area (TPSA) is 48.9 Å². The maximum absolute atomic E-state index is 5.36. The van der Waals surface area contributed by atoms with E-state index in [1.54, 1.807) is 0 Å². The highest BCUT2D eigenvalue weighted by Crippen LogP contribution is 2.20. The Kier molecular flexibility index (Phi) is 11.1. The molecule has 1 aliphatic rings. The number of fused-ring (bicyclic) bond motifs is 1. The van der Waals surface area contributed by atoms with Gasteiger partial charge in [0, 0.05) is 38.8 Å². The van der Waals surface area contributed by atoms with E-state index in [0.717, 1.165) is 51.7 Å². The number of ether oxygens (including phenoxy) is 1. The molecular weight excluding hydrogens is 427 g/mol. The third kappa shape index (κ3) is 7.50. The number of rotatable bonds is 8. The number of halogens is 1. The van der Waals surface area contributed by atoms with Crippen LogP contribution in [-0.2, 0) is 17.7 Å². The average molecular weight is 460 g/mol. The molecule has 0 fully saturated rings. The van der Waals surface area contributed by atoms with E-state index in [9.17, 15) is 0 Å². The van der Waals surface area contributed by atoms with Crippen molar-refractivity contribution in [3.63, 3.8) is 0 Å². The zero-order valence-corrected chi connectivity index (χ0v) is 18.1. The van der Waals surface area contributed by atoms with Crippen molar-refractivity contribution in [1.82, 2.24) is 15.5 Å². The molecule has 0 radical (unpaired) electrons. The molecule has 0 spiro atoms. The Morgan fingerprint density at radius 2 is 2.00 bits per heavy atom. The molecule has 25 heavy (non-hydrogen) atoms. The quantitative estimate of drug-likeness (QED) is 0.271. The van der Waals surface area contributed by atoms with Gasteiger partial charge in [-0.05, 0) is 38.3 Å². The third-order valence-electron chi connectivity index (χ3n) is 4.38. The molecule has 5 nitrogen and oxygen atoms in total. The van der Waals surface area contributed by atoms with Gasteiger partial charge in [-0.3, -0.25) is 9.89 Å². The molecule has 0 saturated heterocycles. The van der Waals surface area contributed by atoms with Crippen LogP contribution in [0, 0.1) is 0 Å². The van der Waals surface area contributed by atoms with Gasteiger partial charge >= 0.3 is 0 Å². The van der Waals surface area contributed by atoms with Crippen LogP contribution in [0.1, 0.15) is 31.9 Å². The molecule has 0 amide bonds. The number of hydrogen-bond donors (Lipinski definition) is 2. The van der Waals surface area contributed by atoms with Crippen LogP contribution in [0.5, 0.6) is 0 Å². The molecule has 1 aromatic rings. The standard InChI is InChI=1S/C19H32N4O.HI/c1-4-20-19(21-11-13-24-5-2)22-14-16(3)23-12-10-17-8-6-7-9-18(17)15-23;/h6-9,16H,4-5,10-15H2,1-3H3,(H2,20,21,22);1H. The summed E-state index contributed by atoms with van der Waals surface area (Å²) in [7, 11) is 0. The van der Waals surface area contributed by atoms with Crippen molar-refractivity contribution in [3.05, 3.63) is 35.4 Å². The van der Waals surface area contributed by atoms with Gasteiger partial charge in [0.05, 0.1) is 13.2 Å². The highest BCUT2D eigenvalue weighted by molar-refractivity contribution is 14.0. The van der Waals surface area contributed by atoms with Gasteiger partial charge < -0.3 is 15.4 Å². The molecule has 0 saturated carbocycles. The molecule has 2 rings (SSSR count). The SMILES string of the molecule is CCNC(=NCC(C)N1CCc2ccccc2C1)NCCOCC.I.